The number of piperidine rings is 1. The van der Waals surface area contributed by atoms with Gasteiger partial charge in [0, 0.05) is 18.0 Å². The molecule has 1 aromatic heterocycles. The molecule has 1 saturated heterocycles. The zero-order valence-corrected chi connectivity index (χ0v) is 13.7. The maximum atomic E-state index is 12.2. The van der Waals surface area contributed by atoms with Crippen LogP contribution in [0.5, 0.6) is 0 Å². The number of carbonyl (C=O) groups is 1. The zero-order chi connectivity index (χ0) is 14.7. The number of fused-ring (bicyclic) bond motifs is 1. The number of thiazole rings is 1. The molecule has 3 rings (SSSR count). The first-order chi connectivity index (χ1) is 10.2. The maximum absolute atomic E-state index is 12.2. The smallest absolute Gasteiger partial charge is 0.280 e. The molecule has 116 valence electrons. The molecular weight excluding hydrogens is 282 g/mol. The van der Waals surface area contributed by atoms with E-state index >= 15 is 0 Å². The van der Waals surface area contributed by atoms with Gasteiger partial charge in [0.2, 0.25) is 0 Å². The lowest BCUT2D eigenvalue weighted by atomic mass is 9.95. The molecule has 2 aliphatic rings. The summed E-state index contributed by atoms with van der Waals surface area (Å²) in [6, 6.07) is 0. The van der Waals surface area contributed by atoms with Gasteiger partial charge in [-0.05, 0) is 64.5 Å². The van der Waals surface area contributed by atoms with Crippen molar-refractivity contribution in [2.45, 2.75) is 44.9 Å². The Labute approximate surface area is 130 Å². The lowest BCUT2D eigenvalue weighted by Crippen LogP contribution is -2.34. The van der Waals surface area contributed by atoms with Crippen LogP contribution < -0.4 is 5.32 Å². The van der Waals surface area contributed by atoms with Gasteiger partial charge in [-0.3, -0.25) is 4.79 Å². The largest absolute Gasteiger partial charge is 0.350 e. The molecule has 1 aliphatic heterocycles. The maximum Gasteiger partial charge on any atom is 0.280 e. The van der Waals surface area contributed by atoms with E-state index < -0.39 is 0 Å². The molecule has 1 aliphatic carbocycles. The van der Waals surface area contributed by atoms with Gasteiger partial charge in [-0.25, -0.2) is 4.98 Å². The molecule has 1 unspecified atom stereocenters. The number of hydrogen-bond donors (Lipinski definition) is 1. The molecule has 1 atom stereocenters. The summed E-state index contributed by atoms with van der Waals surface area (Å²) in [5.74, 6) is 0.757. The fraction of sp³-hybridized carbons (Fsp3) is 0.750. The number of carbonyl (C=O) groups excluding carboxylic acids is 1. The molecule has 0 spiro atoms. The van der Waals surface area contributed by atoms with E-state index in [1.54, 1.807) is 11.3 Å². The molecule has 1 N–H and O–H groups in total. The summed E-state index contributed by atoms with van der Waals surface area (Å²) in [5, 5.41) is 3.73. The summed E-state index contributed by atoms with van der Waals surface area (Å²) in [6.45, 7) is 3.16. The monoisotopic (exact) mass is 307 g/mol. The summed E-state index contributed by atoms with van der Waals surface area (Å²) in [5.41, 5.74) is 1.17. The number of nitrogens with zero attached hydrogens (tertiary/aromatic N) is 2. The topological polar surface area (TPSA) is 45.2 Å². The summed E-state index contributed by atoms with van der Waals surface area (Å²) in [6.07, 6.45) is 8.28. The van der Waals surface area contributed by atoms with Crippen LogP contribution in [0, 0.1) is 5.92 Å². The van der Waals surface area contributed by atoms with Gasteiger partial charge in [-0.1, -0.05) is 0 Å². The molecule has 1 aromatic rings. The zero-order valence-electron chi connectivity index (χ0n) is 12.9. The fourth-order valence-corrected chi connectivity index (χ4v) is 4.49. The summed E-state index contributed by atoms with van der Waals surface area (Å²) < 4.78 is 0. The molecule has 2 heterocycles. The van der Waals surface area contributed by atoms with Crippen molar-refractivity contribution in [1.29, 1.82) is 0 Å². The van der Waals surface area contributed by atoms with E-state index in [0.29, 0.717) is 5.01 Å². The second-order valence-electron chi connectivity index (χ2n) is 6.41. The Morgan fingerprint density at radius 3 is 3.05 bits per heavy atom. The Kier molecular flexibility index (Phi) is 4.91. The van der Waals surface area contributed by atoms with Crippen molar-refractivity contribution >= 4 is 17.2 Å². The predicted molar refractivity (Wildman–Crippen MR) is 85.9 cm³/mol. The van der Waals surface area contributed by atoms with Gasteiger partial charge in [0.1, 0.15) is 0 Å². The molecule has 0 bridgehead atoms. The average Bonchev–Trinajstić information content (AvgIpc) is 2.91. The van der Waals surface area contributed by atoms with Crippen LogP contribution in [0.3, 0.4) is 0 Å². The molecule has 0 aromatic carbocycles. The number of rotatable bonds is 4. The second kappa shape index (κ2) is 6.88. The van der Waals surface area contributed by atoms with Crippen LogP contribution in [0.4, 0.5) is 0 Å². The van der Waals surface area contributed by atoms with E-state index in [9.17, 15) is 4.79 Å². The van der Waals surface area contributed by atoms with Crippen molar-refractivity contribution in [3.63, 3.8) is 0 Å². The van der Waals surface area contributed by atoms with Crippen LogP contribution in [0.1, 0.15) is 52.5 Å². The average molecular weight is 307 g/mol. The van der Waals surface area contributed by atoms with E-state index in [2.05, 4.69) is 22.2 Å². The van der Waals surface area contributed by atoms with E-state index in [4.69, 9.17) is 0 Å². The third-order valence-corrected chi connectivity index (χ3v) is 5.76. The van der Waals surface area contributed by atoms with Crippen molar-refractivity contribution < 1.29 is 4.79 Å². The minimum absolute atomic E-state index is 0.0264. The van der Waals surface area contributed by atoms with Crippen molar-refractivity contribution in [3.8, 4) is 0 Å². The Hall–Kier alpha value is -0.940. The predicted octanol–water partition coefficient (Wildman–Crippen LogP) is 2.48. The quantitative estimate of drug-likeness (QED) is 0.929. The van der Waals surface area contributed by atoms with Crippen molar-refractivity contribution in [2.75, 3.05) is 26.7 Å². The Balaban J connectivity index is 1.46. The van der Waals surface area contributed by atoms with E-state index in [0.717, 1.165) is 31.7 Å². The number of aromatic nitrogens is 1. The van der Waals surface area contributed by atoms with Gasteiger partial charge in [0.15, 0.2) is 5.01 Å². The normalized spacial score (nSPS) is 22.8. The minimum Gasteiger partial charge on any atom is -0.350 e. The van der Waals surface area contributed by atoms with Crippen LogP contribution >= 0.6 is 11.3 Å². The van der Waals surface area contributed by atoms with Gasteiger partial charge in [0.05, 0.1) is 5.69 Å². The first-order valence-electron chi connectivity index (χ1n) is 8.17. The van der Waals surface area contributed by atoms with Crippen molar-refractivity contribution in [3.05, 3.63) is 15.6 Å². The second-order valence-corrected chi connectivity index (χ2v) is 7.49. The Morgan fingerprint density at radius 2 is 2.24 bits per heavy atom. The standard InChI is InChI=1S/C16H25N3OS/c1-19-10-4-5-12(11-19)8-9-17-15(20)16-18-13-6-2-3-7-14(13)21-16/h12H,2-11H2,1H3,(H,17,20). The van der Waals surface area contributed by atoms with Crippen LogP contribution in [0.2, 0.25) is 0 Å². The highest BCUT2D eigenvalue weighted by molar-refractivity contribution is 7.13. The summed E-state index contributed by atoms with van der Waals surface area (Å²) in [7, 11) is 2.19. The molecule has 0 radical (unpaired) electrons. The lowest BCUT2D eigenvalue weighted by Gasteiger charge is -2.29. The third kappa shape index (κ3) is 3.83. The first kappa shape index (κ1) is 15.0. The molecule has 21 heavy (non-hydrogen) atoms. The highest BCUT2D eigenvalue weighted by Gasteiger charge is 2.20. The van der Waals surface area contributed by atoms with Gasteiger partial charge >= 0.3 is 0 Å². The highest BCUT2D eigenvalue weighted by Crippen LogP contribution is 2.26. The molecule has 0 saturated carbocycles. The molecule has 1 fully saturated rings. The minimum atomic E-state index is 0.0264. The number of amides is 1. The van der Waals surface area contributed by atoms with Crippen LogP contribution in [0.15, 0.2) is 0 Å². The summed E-state index contributed by atoms with van der Waals surface area (Å²) in [4.78, 5) is 20.4. The lowest BCUT2D eigenvalue weighted by molar-refractivity contribution is 0.0947. The number of likely N-dealkylation sites (tertiary alicyclic amines) is 1. The van der Waals surface area contributed by atoms with Gasteiger partial charge in [0.25, 0.3) is 5.91 Å². The number of nitrogens with one attached hydrogen (secondary N) is 1. The van der Waals surface area contributed by atoms with Gasteiger partial charge in [-0.15, -0.1) is 11.3 Å². The fourth-order valence-electron chi connectivity index (χ4n) is 3.42. The number of aryl methyl sites for hydroxylation is 2. The van der Waals surface area contributed by atoms with Crippen molar-refractivity contribution in [2.24, 2.45) is 5.92 Å². The van der Waals surface area contributed by atoms with Gasteiger partial charge < -0.3 is 10.2 Å². The van der Waals surface area contributed by atoms with Crippen molar-refractivity contribution in [1.82, 2.24) is 15.2 Å². The van der Waals surface area contributed by atoms with E-state index in [1.807, 2.05) is 0 Å². The van der Waals surface area contributed by atoms with Gasteiger partial charge in [-0.2, -0.15) is 0 Å². The highest BCUT2D eigenvalue weighted by atomic mass is 32.1. The molecule has 1 amide bonds. The SMILES string of the molecule is CN1CCCC(CCNC(=O)c2nc3c(s2)CCCC3)C1. The van der Waals surface area contributed by atoms with Crippen LogP contribution in [-0.2, 0) is 12.8 Å². The van der Waals surface area contributed by atoms with E-state index in [1.165, 1.54) is 49.3 Å². The third-order valence-electron chi connectivity index (χ3n) is 4.60. The van der Waals surface area contributed by atoms with Crippen LogP contribution in [-0.4, -0.2) is 42.5 Å². The Bertz CT molecular complexity index is 476. The first-order valence-corrected chi connectivity index (χ1v) is 8.99. The van der Waals surface area contributed by atoms with Crippen LogP contribution in [0.25, 0.3) is 0 Å². The summed E-state index contributed by atoms with van der Waals surface area (Å²) >= 11 is 1.60. The van der Waals surface area contributed by atoms with E-state index in [-0.39, 0.29) is 5.91 Å². The number of hydrogen-bond acceptors (Lipinski definition) is 4. The molecular formula is C16H25N3OS. The molecule has 5 heteroatoms. The molecule has 4 nitrogen and oxygen atoms in total. The Morgan fingerprint density at radius 1 is 1.38 bits per heavy atom.